The fraction of sp³-hybridized carbons (Fsp3) is 0.200. The summed E-state index contributed by atoms with van der Waals surface area (Å²) in [6.45, 7) is 0. The van der Waals surface area contributed by atoms with E-state index in [1.165, 1.54) is 24.9 Å². The Hall–Kier alpha value is -2.01. The number of hydrogen-bond donors (Lipinski definition) is 1. The highest BCUT2D eigenvalue weighted by Crippen LogP contribution is 2.30. The Morgan fingerprint density at radius 3 is 2.75 bits per heavy atom. The fourth-order valence-corrected chi connectivity index (χ4v) is 2.82. The van der Waals surface area contributed by atoms with Crippen LogP contribution >= 0.6 is 11.8 Å². The first kappa shape index (κ1) is 14.4. The van der Waals surface area contributed by atoms with Crippen molar-refractivity contribution in [2.45, 2.75) is 6.42 Å². The van der Waals surface area contributed by atoms with Crippen LogP contribution in [0.4, 0.5) is 0 Å². The first-order valence-electron chi connectivity index (χ1n) is 6.19. The molecule has 20 heavy (non-hydrogen) atoms. The Kier molecular flexibility index (Phi) is 5.01. The van der Waals surface area contributed by atoms with Gasteiger partial charge in [-0.25, -0.2) is 4.79 Å². The molecule has 4 nitrogen and oxygen atoms in total. The summed E-state index contributed by atoms with van der Waals surface area (Å²) in [7, 11) is 1.34. The number of carbonyl (C=O) groups is 2. The molecule has 1 aromatic carbocycles. The van der Waals surface area contributed by atoms with E-state index in [9.17, 15) is 9.59 Å². The largest absolute Gasteiger partial charge is 0.465 e. The number of rotatable bonds is 4. The van der Waals surface area contributed by atoms with E-state index in [0.717, 1.165) is 11.3 Å². The van der Waals surface area contributed by atoms with Gasteiger partial charge in [0.15, 0.2) is 0 Å². The number of amides is 1. The highest BCUT2D eigenvalue weighted by molar-refractivity contribution is 8.04. The van der Waals surface area contributed by atoms with Crippen LogP contribution in [0.1, 0.15) is 12.0 Å². The maximum atomic E-state index is 11.8. The number of esters is 1. The Balaban J connectivity index is 2.01. The van der Waals surface area contributed by atoms with Crippen molar-refractivity contribution in [3.8, 4) is 0 Å². The van der Waals surface area contributed by atoms with Crippen LogP contribution in [0.3, 0.4) is 0 Å². The van der Waals surface area contributed by atoms with Crippen molar-refractivity contribution in [1.82, 2.24) is 5.32 Å². The number of nitrogens with one attached hydrogen (secondary N) is 1. The smallest absolute Gasteiger partial charge is 0.346 e. The topological polar surface area (TPSA) is 55.4 Å². The van der Waals surface area contributed by atoms with Crippen molar-refractivity contribution in [3.63, 3.8) is 0 Å². The van der Waals surface area contributed by atoms with Gasteiger partial charge >= 0.3 is 5.97 Å². The molecular formula is C15H15NO3S. The van der Waals surface area contributed by atoms with E-state index in [1.54, 1.807) is 6.08 Å². The molecule has 0 atom stereocenters. The Labute approximate surface area is 121 Å². The molecule has 0 aliphatic carbocycles. The Morgan fingerprint density at radius 1 is 1.30 bits per heavy atom. The number of carbonyl (C=O) groups excluding carboxylic acids is 2. The van der Waals surface area contributed by atoms with Gasteiger partial charge in [0.1, 0.15) is 4.91 Å². The van der Waals surface area contributed by atoms with Gasteiger partial charge < -0.3 is 10.1 Å². The first-order valence-corrected chi connectivity index (χ1v) is 7.17. The van der Waals surface area contributed by atoms with E-state index in [1.807, 2.05) is 30.3 Å². The van der Waals surface area contributed by atoms with Crippen LogP contribution in [0.2, 0.25) is 0 Å². The number of thioether (sulfide) groups is 1. The minimum Gasteiger partial charge on any atom is -0.465 e. The predicted molar refractivity (Wildman–Crippen MR) is 79.7 cm³/mol. The normalized spacial score (nSPS) is 14.7. The number of allylic oxidation sites excluding steroid dienone is 1. The summed E-state index contributed by atoms with van der Waals surface area (Å²) in [6, 6.07) is 9.55. The van der Waals surface area contributed by atoms with E-state index < -0.39 is 5.97 Å². The molecule has 0 aromatic heterocycles. The number of methoxy groups -OCH3 is 1. The van der Waals surface area contributed by atoms with Crippen LogP contribution in [0.25, 0.3) is 6.08 Å². The molecule has 1 aliphatic rings. The van der Waals surface area contributed by atoms with Crippen LogP contribution in [0.15, 0.2) is 47.0 Å². The van der Waals surface area contributed by atoms with Crippen LogP contribution in [-0.4, -0.2) is 24.7 Å². The molecule has 5 heteroatoms. The quantitative estimate of drug-likeness (QED) is 0.683. The molecule has 0 unspecified atom stereocenters. The fourth-order valence-electron chi connectivity index (χ4n) is 1.78. The summed E-state index contributed by atoms with van der Waals surface area (Å²) in [5.41, 5.74) is 1.59. The summed E-state index contributed by atoms with van der Waals surface area (Å²) in [6.07, 6.45) is 3.86. The van der Waals surface area contributed by atoms with E-state index in [-0.39, 0.29) is 5.91 Å². The summed E-state index contributed by atoms with van der Waals surface area (Å²) >= 11 is 1.41. The second-order valence-corrected chi connectivity index (χ2v) is 5.24. The molecule has 1 heterocycles. The van der Waals surface area contributed by atoms with E-state index in [2.05, 4.69) is 10.1 Å². The average molecular weight is 289 g/mol. The maximum absolute atomic E-state index is 11.8. The zero-order chi connectivity index (χ0) is 14.4. The number of hydrogen-bond acceptors (Lipinski definition) is 4. The Morgan fingerprint density at radius 2 is 2.05 bits per heavy atom. The van der Waals surface area contributed by atoms with Crippen molar-refractivity contribution in [1.29, 1.82) is 0 Å². The van der Waals surface area contributed by atoms with Gasteiger partial charge in [-0.3, -0.25) is 4.79 Å². The molecule has 1 amide bonds. The average Bonchev–Trinajstić information content (AvgIpc) is 2.93. The van der Waals surface area contributed by atoms with Crippen LogP contribution in [0, 0.1) is 0 Å². The highest BCUT2D eigenvalue weighted by Gasteiger charge is 2.23. The molecule has 0 spiro atoms. The monoisotopic (exact) mass is 289 g/mol. The molecule has 0 bridgehead atoms. The molecule has 0 radical (unpaired) electrons. The van der Waals surface area contributed by atoms with Gasteiger partial charge in [-0.1, -0.05) is 30.3 Å². The Bertz CT molecular complexity index is 564. The lowest BCUT2D eigenvalue weighted by atomic mass is 10.2. The summed E-state index contributed by atoms with van der Waals surface area (Å²) in [4.78, 5) is 23.8. The minimum atomic E-state index is -0.394. The van der Waals surface area contributed by atoms with Crippen molar-refractivity contribution >= 4 is 29.7 Å². The predicted octanol–water partition coefficient (Wildman–Crippen LogP) is 2.34. The van der Waals surface area contributed by atoms with Gasteiger partial charge in [0.2, 0.25) is 5.91 Å². The second kappa shape index (κ2) is 6.96. The van der Waals surface area contributed by atoms with E-state index in [0.29, 0.717) is 17.0 Å². The minimum absolute atomic E-state index is 0.243. The molecule has 1 aromatic rings. The van der Waals surface area contributed by atoms with Crippen LogP contribution in [0.5, 0.6) is 0 Å². The third kappa shape index (κ3) is 3.74. The van der Waals surface area contributed by atoms with Gasteiger partial charge in [0.25, 0.3) is 0 Å². The van der Waals surface area contributed by atoms with E-state index >= 15 is 0 Å². The third-order valence-electron chi connectivity index (χ3n) is 2.74. The molecule has 0 fully saturated rings. The number of ether oxygens (including phenoxy) is 1. The maximum Gasteiger partial charge on any atom is 0.346 e. The summed E-state index contributed by atoms with van der Waals surface area (Å²) < 4.78 is 4.69. The summed E-state index contributed by atoms with van der Waals surface area (Å²) in [5.74, 6) is 0.144. The van der Waals surface area contributed by atoms with Gasteiger partial charge in [-0.15, -0.1) is 11.8 Å². The molecule has 104 valence electrons. The first-order chi connectivity index (χ1) is 9.70. The zero-order valence-corrected chi connectivity index (χ0v) is 11.9. The second-order valence-electron chi connectivity index (χ2n) is 4.13. The van der Waals surface area contributed by atoms with Crippen molar-refractivity contribution < 1.29 is 14.3 Å². The molecule has 1 aliphatic heterocycles. The molecular weight excluding hydrogens is 274 g/mol. The van der Waals surface area contributed by atoms with Crippen molar-refractivity contribution in [3.05, 3.63) is 52.6 Å². The molecule has 1 N–H and O–H groups in total. The van der Waals surface area contributed by atoms with Crippen molar-refractivity contribution in [2.24, 2.45) is 0 Å². The van der Waals surface area contributed by atoms with Crippen LogP contribution in [-0.2, 0) is 14.3 Å². The molecule has 0 saturated heterocycles. The van der Waals surface area contributed by atoms with Gasteiger partial charge in [-0.2, -0.15) is 0 Å². The lowest BCUT2D eigenvalue weighted by Gasteiger charge is -2.05. The van der Waals surface area contributed by atoms with Gasteiger partial charge in [0, 0.05) is 17.5 Å². The molecule has 2 rings (SSSR count). The van der Waals surface area contributed by atoms with Crippen LogP contribution < -0.4 is 5.32 Å². The number of benzene rings is 1. The summed E-state index contributed by atoms with van der Waals surface area (Å²) in [5, 5.41) is 2.75. The molecule has 0 saturated carbocycles. The van der Waals surface area contributed by atoms with E-state index in [4.69, 9.17) is 0 Å². The third-order valence-corrected chi connectivity index (χ3v) is 3.85. The lowest BCUT2D eigenvalue weighted by Crippen LogP contribution is -2.21. The highest BCUT2D eigenvalue weighted by atomic mass is 32.2. The SMILES string of the molecule is COC(=O)C1=C(NC(=O)C=Cc2ccccc2)CCS1. The lowest BCUT2D eigenvalue weighted by molar-refractivity contribution is -0.135. The van der Waals surface area contributed by atoms with Crippen molar-refractivity contribution in [2.75, 3.05) is 12.9 Å². The van der Waals surface area contributed by atoms with Gasteiger partial charge in [-0.05, 0) is 18.1 Å². The zero-order valence-electron chi connectivity index (χ0n) is 11.1. The standard InChI is InChI=1S/C15H15NO3S/c1-19-15(18)14-12(9-10-20-14)16-13(17)8-7-11-5-3-2-4-6-11/h2-8H,9-10H2,1H3,(H,16,17). The van der Waals surface area contributed by atoms with Gasteiger partial charge in [0.05, 0.1) is 7.11 Å².